The third kappa shape index (κ3) is 2.40. The van der Waals surface area contributed by atoms with E-state index in [0.717, 1.165) is 31.4 Å². The van der Waals surface area contributed by atoms with Crippen molar-refractivity contribution in [2.75, 3.05) is 6.54 Å². The number of nitrogens with one attached hydrogen (secondary N) is 1. The monoisotopic (exact) mass is 273 g/mol. The van der Waals surface area contributed by atoms with E-state index in [1.807, 2.05) is 19.1 Å². The Hall–Kier alpha value is -1.91. The molecule has 1 aliphatic heterocycles. The summed E-state index contributed by atoms with van der Waals surface area (Å²) >= 11 is 0. The molecule has 2 atom stereocenters. The second-order valence-corrected chi connectivity index (χ2v) is 5.62. The molecule has 2 amide bonds. The molecule has 2 aliphatic rings. The summed E-state index contributed by atoms with van der Waals surface area (Å²) in [6.45, 7) is 2.01. The van der Waals surface area contributed by atoms with Gasteiger partial charge in [0.1, 0.15) is 12.2 Å². The second-order valence-electron chi connectivity index (χ2n) is 5.62. The molecule has 3 rings (SSSR count). The third-order valence-electron chi connectivity index (χ3n) is 4.16. The van der Waals surface area contributed by atoms with Gasteiger partial charge in [-0.2, -0.15) is 0 Å². The zero-order valence-electron chi connectivity index (χ0n) is 11.6. The summed E-state index contributed by atoms with van der Waals surface area (Å²) in [5, 5.41) is 3.01. The Morgan fingerprint density at radius 2 is 2.15 bits per heavy atom. The summed E-state index contributed by atoms with van der Waals surface area (Å²) in [5.74, 6) is -0.186. The van der Waals surface area contributed by atoms with Gasteiger partial charge in [0.2, 0.25) is 5.91 Å². The van der Waals surface area contributed by atoms with Crippen molar-refractivity contribution in [2.24, 2.45) is 0 Å². The quantitative estimate of drug-likeness (QED) is 0.838. The van der Waals surface area contributed by atoms with Crippen LogP contribution < -0.4 is 5.32 Å². The molecule has 0 spiro atoms. The number of pyridine rings is 1. The maximum absolute atomic E-state index is 12.6. The predicted molar refractivity (Wildman–Crippen MR) is 74.2 cm³/mol. The number of fused-ring (bicyclic) bond motifs is 1. The lowest BCUT2D eigenvalue weighted by atomic mass is 9.87. The SMILES string of the molecule is Cc1cccc(C(=O)N2CC(=O)N[C@H]3CCCC[C@@H]32)n1. The first-order valence-electron chi connectivity index (χ1n) is 7.19. The fourth-order valence-electron chi connectivity index (χ4n) is 3.21. The van der Waals surface area contributed by atoms with E-state index in [9.17, 15) is 9.59 Å². The predicted octanol–water partition coefficient (Wildman–Crippen LogP) is 1.27. The lowest BCUT2D eigenvalue weighted by Gasteiger charge is -2.43. The zero-order valence-corrected chi connectivity index (χ0v) is 11.6. The van der Waals surface area contributed by atoms with Crippen molar-refractivity contribution in [1.29, 1.82) is 0 Å². The van der Waals surface area contributed by atoms with Crippen LogP contribution in [0.2, 0.25) is 0 Å². The molecule has 1 N–H and O–H groups in total. The summed E-state index contributed by atoms with van der Waals surface area (Å²) in [7, 11) is 0. The summed E-state index contributed by atoms with van der Waals surface area (Å²) in [6, 6.07) is 5.65. The van der Waals surface area contributed by atoms with E-state index in [1.165, 1.54) is 0 Å². The van der Waals surface area contributed by atoms with Crippen LogP contribution in [0.1, 0.15) is 41.9 Å². The van der Waals surface area contributed by atoms with Gasteiger partial charge in [0.25, 0.3) is 5.91 Å². The molecule has 0 bridgehead atoms. The first-order chi connectivity index (χ1) is 9.65. The number of amides is 2. The first-order valence-corrected chi connectivity index (χ1v) is 7.19. The fourth-order valence-corrected chi connectivity index (χ4v) is 3.21. The van der Waals surface area contributed by atoms with Crippen LogP contribution >= 0.6 is 0 Å². The molecular weight excluding hydrogens is 254 g/mol. The van der Waals surface area contributed by atoms with Crippen molar-refractivity contribution in [3.05, 3.63) is 29.6 Å². The molecule has 1 aromatic rings. The molecule has 0 radical (unpaired) electrons. The molecule has 106 valence electrons. The summed E-state index contributed by atoms with van der Waals surface area (Å²) in [6.07, 6.45) is 4.15. The minimum absolute atomic E-state index is 0.0610. The lowest BCUT2D eigenvalue weighted by Crippen LogP contribution is -2.63. The number of nitrogens with zero attached hydrogens (tertiary/aromatic N) is 2. The van der Waals surface area contributed by atoms with Crippen LogP contribution in [-0.2, 0) is 4.79 Å². The highest BCUT2D eigenvalue weighted by atomic mass is 16.2. The Bertz CT molecular complexity index is 544. The Labute approximate surface area is 118 Å². The number of hydrogen-bond acceptors (Lipinski definition) is 3. The average Bonchev–Trinajstić information content (AvgIpc) is 2.45. The number of aryl methyl sites for hydroxylation is 1. The average molecular weight is 273 g/mol. The van der Waals surface area contributed by atoms with Gasteiger partial charge in [-0.25, -0.2) is 4.98 Å². The van der Waals surface area contributed by atoms with Crippen molar-refractivity contribution in [3.63, 3.8) is 0 Å². The Balaban J connectivity index is 1.86. The number of rotatable bonds is 1. The van der Waals surface area contributed by atoms with E-state index in [2.05, 4.69) is 10.3 Å². The maximum Gasteiger partial charge on any atom is 0.273 e. The summed E-state index contributed by atoms with van der Waals surface area (Å²) in [5.41, 5.74) is 1.25. The van der Waals surface area contributed by atoms with Crippen LogP contribution in [0.3, 0.4) is 0 Å². The molecule has 1 saturated carbocycles. The molecule has 1 saturated heterocycles. The Morgan fingerprint density at radius 3 is 2.95 bits per heavy atom. The second kappa shape index (κ2) is 5.23. The van der Waals surface area contributed by atoms with E-state index in [-0.39, 0.29) is 30.4 Å². The molecule has 2 fully saturated rings. The van der Waals surface area contributed by atoms with Gasteiger partial charge >= 0.3 is 0 Å². The normalized spacial score (nSPS) is 25.9. The summed E-state index contributed by atoms with van der Waals surface area (Å²) < 4.78 is 0. The van der Waals surface area contributed by atoms with Gasteiger partial charge in [0.15, 0.2) is 0 Å². The highest BCUT2D eigenvalue weighted by Gasteiger charge is 2.39. The van der Waals surface area contributed by atoms with Gasteiger partial charge in [-0.05, 0) is 31.9 Å². The van der Waals surface area contributed by atoms with Crippen molar-refractivity contribution in [2.45, 2.75) is 44.7 Å². The molecule has 20 heavy (non-hydrogen) atoms. The van der Waals surface area contributed by atoms with E-state index in [0.29, 0.717) is 5.69 Å². The number of piperazine rings is 1. The Kier molecular flexibility index (Phi) is 3.42. The molecule has 5 heteroatoms. The van der Waals surface area contributed by atoms with Gasteiger partial charge in [0, 0.05) is 11.7 Å². The number of aromatic nitrogens is 1. The maximum atomic E-state index is 12.6. The van der Waals surface area contributed by atoms with E-state index in [4.69, 9.17) is 0 Å². The van der Waals surface area contributed by atoms with Crippen LogP contribution in [0.4, 0.5) is 0 Å². The van der Waals surface area contributed by atoms with Crippen LogP contribution in [0, 0.1) is 6.92 Å². The van der Waals surface area contributed by atoms with Gasteiger partial charge in [-0.1, -0.05) is 18.9 Å². The van der Waals surface area contributed by atoms with Gasteiger partial charge in [-0.15, -0.1) is 0 Å². The molecule has 1 aromatic heterocycles. The molecule has 2 heterocycles. The topological polar surface area (TPSA) is 62.3 Å². The van der Waals surface area contributed by atoms with E-state index in [1.54, 1.807) is 11.0 Å². The van der Waals surface area contributed by atoms with Gasteiger partial charge in [0.05, 0.1) is 6.04 Å². The van der Waals surface area contributed by atoms with Crippen LogP contribution in [0.5, 0.6) is 0 Å². The molecule has 0 unspecified atom stereocenters. The first kappa shape index (κ1) is 13.1. The molecule has 5 nitrogen and oxygen atoms in total. The fraction of sp³-hybridized carbons (Fsp3) is 0.533. The standard InChI is InChI=1S/C15H19N3O2/c1-10-5-4-7-12(16-10)15(20)18-9-14(19)17-11-6-2-3-8-13(11)18/h4-5,7,11,13H,2-3,6,8-9H2,1H3,(H,17,19)/t11-,13-/m0/s1. The summed E-state index contributed by atoms with van der Waals surface area (Å²) in [4.78, 5) is 30.4. The molecular formula is C15H19N3O2. The van der Waals surface area contributed by atoms with Gasteiger partial charge in [-0.3, -0.25) is 9.59 Å². The van der Waals surface area contributed by atoms with Gasteiger partial charge < -0.3 is 10.2 Å². The Morgan fingerprint density at radius 1 is 1.35 bits per heavy atom. The zero-order chi connectivity index (χ0) is 14.1. The number of carbonyl (C=O) groups is 2. The van der Waals surface area contributed by atoms with Crippen LogP contribution in [0.15, 0.2) is 18.2 Å². The van der Waals surface area contributed by atoms with Crippen molar-refractivity contribution in [1.82, 2.24) is 15.2 Å². The highest BCUT2D eigenvalue weighted by molar-refractivity contribution is 5.96. The minimum atomic E-state index is -0.125. The van der Waals surface area contributed by atoms with Crippen molar-refractivity contribution < 1.29 is 9.59 Å². The van der Waals surface area contributed by atoms with Crippen LogP contribution in [0.25, 0.3) is 0 Å². The third-order valence-corrected chi connectivity index (χ3v) is 4.16. The highest BCUT2D eigenvalue weighted by Crippen LogP contribution is 2.26. The molecule has 1 aliphatic carbocycles. The number of carbonyl (C=O) groups excluding carboxylic acids is 2. The van der Waals surface area contributed by atoms with Crippen molar-refractivity contribution >= 4 is 11.8 Å². The minimum Gasteiger partial charge on any atom is -0.350 e. The van der Waals surface area contributed by atoms with E-state index >= 15 is 0 Å². The van der Waals surface area contributed by atoms with Crippen molar-refractivity contribution in [3.8, 4) is 0 Å². The number of hydrogen-bond donors (Lipinski definition) is 1. The van der Waals surface area contributed by atoms with E-state index < -0.39 is 0 Å². The largest absolute Gasteiger partial charge is 0.350 e. The lowest BCUT2D eigenvalue weighted by molar-refractivity contribution is -0.127. The van der Waals surface area contributed by atoms with Crippen LogP contribution in [-0.4, -0.2) is 40.3 Å². The smallest absolute Gasteiger partial charge is 0.273 e. The molecule has 0 aromatic carbocycles.